The van der Waals surface area contributed by atoms with Crippen molar-refractivity contribution in [3.63, 3.8) is 0 Å². The number of rotatable bonds is 2. The summed E-state index contributed by atoms with van der Waals surface area (Å²) in [5.41, 5.74) is 2.64. The quantitative estimate of drug-likeness (QED) is 0.843. The number of hydrogen-bond donors (Lipinski definition) is 1. The number of hydrogen-bond acceptors (Lipinski definition) is 3. The fourth-order valence-corrected chi connectivity index (χ4v) is 5.10. The minimum atomic E-state index is -0.349. The van der Waals surface area contributed by atoms with Crippen molar-refractivity contribution in [3.8, 4) is 0 Å². The van der Waals surface area contributed by atoms with Gasteiger partial charge in [0.25, 0.3) is 0 Å². The lowest BCUT2D eigenvalue weighted by molar-refractivity contribution is -0.143. The Morgan fingerprint density at radius 1 is 1.21 bits per heavy atom. The van der Waals surface area contributed by atoms with Crippen molar-refractivity contribution in [2.24, 2.45) is 11.8 Å². The van der Waals surface area contributed by atoms with Gasteiger partial charge in [-0.15, -0.1) is 0 Å². The second kappa shape index (κ2) is 6.78. The Morgan fingerprint density at radius 3 is 2.43 bits per heavy atom. The van der Waals surface area contributed by atoms with E-state index in [1.165, 1.54) is 11.1 Å². The number of alkyl carbamates (subject to hydrolysis) is 1. The van der Waals surface area contributed by atoms with E-state index < -0.39 is 0 Å². The second-order valence-electron chi connectivity index (χ2n) is 10.1. The summed E-state index contributed by atoms with van der Waals surface area (Å²) in [6.45, 7) is 11.0. The number of nitrogens with one attached hydrogen (secondary N) is 1. The van der Waals surface area contributed by atoms with Crippen LogP contribution in [0.1, 0.15) is 64.0 Å². The van der Waals surface area contributed by atoms with Crippen molar-refractivity contribution < 1.29 is 14.3 Å². The van der Waals surface area contributed by atoms with E-state index in [4.69, 9.17) is 4.74 Å². The predicted octanol–water partition coefficient (Wildman–Crippen LogP) is 3.82. The molecule has 3 aliphatic rings. The lowest BCUT2D eigenvalue weighted by Crippen LogP contribution is -2.59. The molecule has 1 aliphatic carbocycles. The molecule has 3 fully saturated rings. The van der Waals surface area contributed by atoms with Crippen LogP contribution in [0, 0.1) is 11.8 Å². The van der Waals surface area contributed by atoms with E-state index in [1.807, 2.05) is 4.90 Å². The van der Waals surface area contributed by atoms with Crippen LogP contribution in [0.2, 0.25) is 0 Å². The highest BCUT2D eigenvalue weighted by atomic mass is 16.6. The number of ether oxygens (including phenoxy) is 1. The van der Waals surface area contributed by atoms with Crippen molar-refractivity contribution in [2.75, 3.05) is 19.7 Å². The van der Waals surface area contributed by atoms with Crippen molar-refractivity contribution in [1.29, 1.82) is 0 Å². The Hall–Kier alpha value is -2.04. The summed E-state index contributed by atoms with van der Waals surface area (Å²) in [5.74, 6) is 1.23. The molecule has 2 aliphatic heterocycles. The minimum absolute atomic E-state index is 0.0248. The van der Waals surface area contributed by atoms with Gasteiger partial charge in [-0.25, -0.2) is 4.79 Å². The Labute approximate surface area is 167 Å². The van der Waals surface area contributed by atoms with Crippen LogP contribution >= 0.6 is 0 Å². The number of nitrogens with zero attached hydrogens (tertiary/aromatic N) is 1. The average molecular weight is 385 g/mol. The van der Waals surface area contributed by atoms with E-state index in [2.05, 4.69) is 57.3 Å². The van der Waals surface area contributed by atoms with E-state index in [0.29, 0.717) is 31.3 Å². The molecule has 5 nitrogen and oxygen atoms in total. The van der Waals surface area contributed by atoms with Gasteiger partial charge in [0, 0.05) is 19.0 Å². The Kier molecular flexibility index (Phi) is 4.67. The van der Waals surface area contributed by atoms with Gasteiger partial charge in [0.1, 0.15) is 6.61 Å². The van der Waals surface area contributed by atoms with Crippen LogP contribution in [0.5, 0.6) is 0 Å². The SMILES string of the molecule is C[C@@H]1CN(C(=O)[C@H]2C[C@]3(COC(=O)N3)C2)CC[C@@H]1c1ccc(C(C)(C)C)cc1. The van der Waals surface area contributed by atoms with Crippen molar-refractivity contribution >= 4 is 12.0 Å². The molecule has 0 bridgehead atoms. The predicted molar refractivity (Wildman–Crippen MR) is 108 cm³/mol. The molecule has 4 rings (SSSR count). The molecule has 0 unspecified atom stereocenters. The highest BCUT2D eigenvalue weighted by Gasteiger charge is 2.53. The summed E-state index contributed by atoms with van der Waals surface area (Å²) >= 11 is 0. The van der Waals surface area contributed by atoms with Gasteiger partial charge in [0.05, 0.1) is 5.54 Å². The van der Waals surface area contributed by atoms with Crippen LogP contribution in [0.25, 0.3) is 0 Å². The van der Waals surface area contributed by atoms with E-state index >= 15 is 0 Å². The summed E-state index contributed by atoms with van der Waals surface area (Å²) in [4.78, 5) is 26.3. The Bertz CT molecular complexity index is 759. The maximum absolute atomic E-state index is 12.9. The Morgan fingerprint density at radius 2 is 1.89 bits per heavy atom. The number of carbonyl (C=O) groups is 2. The minimum Gasteiger partial charge on any atom is -0.447 e. The Balaban J connectivity index is 1.34. The summed E-state index contributed by atoms with van der Waals surface area (Å²) in [7, 11) is 0. The smallest absolute Gasteiger partial charge is 0.407 e. The van der Waals surface area contributed by atoms with E-state index in [0.717, 1.165) is 19.5 Å². The summed E-state index contributed by atoms with van der Waals surface area (Å²) < 4.78 is 5.02. The molecule has 152 valence electrons. The number of cyclic esters (lactones) is 1. The summed E-state index contributed by atoms with van der Waals surface area (Å²) in [5, 5.41) is 2.87. The number of likely N-dealkylation sites (tertiary alicyclic amines) is 1. The third-order valence-corrected chi connectivity index (χ3v) is 6.89. The van der Waals surface area contributed by atoms with Crippen molar-refractivity contribution in [3.05, 3.63) is 35.4 Å². The fourth-order valence-electron chi connectivity index (χ4n) is 5.10. The highest BCUT2D eigenvalue weighted by Crippen LogP contribution is 2.42. The first-order valence-corrected chi connectivity index (χ1v) is 10.5. The van der Waals surface area contributed by atoms with Gasteiger partial charge in [0.2, 0.25) is 5.91 Å². The lowest BCUT2D eigenvalue weighted by Gasteiger charge is -2.46. The maximum atomic E-state index is 12.9. The largest absolute Gasteiger partial charge is 0.447 e. The molecule has 2 heterocycles. The van der Waals surface area contributed by atoms with Crippen LogP contribution < -0.4 is 5.32 Å². The maximum Gasteiger partial charge on any atom is 0.407 e. The zero-order chi connectivity index (χ0) is 20.1. The van der Waals surface area contributed by atoms with Crippen LogP contribution in [0.15, 0.2) is 24.3 Å². The number of piperidine rings is 1. The molecule has 1 saturated carbocycles. The summed E-state index contributed by atoms with van der Waals surface area (Å²) in [6, 6.07) is 9.06. The number of carbonyl (C=O) groups excluding carboxylic acids is 2. The topological polar surface area (TPSA) is 58.6 Å². The van der Waals surface area contributed by atoms with Gasteiger partial charge in [-0.05, 0) is 47.6 Å². The molecule has 5 heteroatoms. The molecular formula is C23H32N2O3. The molecule has 28 heavy (non-hydrogen) atoms. The van der Waals surface area contributed by atoms with E-state index in [9.17, 15) is 9.59 Å². The standard InChI is InChI=1S/C23H32N2O3/c1-15-13-25(20(26)17-11-23(12-17)14-28-21(27)24-23)10-9-19(15)16-5-7-18(8-6-16)22(2,3)4/h5-8,15,17,19H,9-14H2,1-4H3,(H,24,27)/t15-,17-,19+,23+/m1/s1. The molecule has 0 aromatic heterocycles. The fraction of sp³-hybridized carbons (Fsp3) is 0.652. The first kappa shape index (κ1) is 19.3. The van der Waals surface area contributed by atoms with Gasteiger partial charge in [-0.1, -0.05) is 52.0 Å². The second-order valence-corrected chi connectivity index (χ2v) is 10.1. The highest BCUT2D eigenvalue weighted by molar-refractivity contribution is 5.81. The number of benzene rings is 1. The van der Waals surface area contributed by atoms with E-state index in [-0.39, 0.29) is 28.9 Å². The van der Waals surface area contributed by atoms with Gasteiger partial charge in [0.15, 0.2) is 0 Å². The molecule has 2 saturated heterocycles. The normalized spacial score (nSPS) is 32.6. The zero-order valence-corrected chi connectivity index (χ0v) is 17.5. The molecule has 1 N–H and O–H groups in total. The first-order valence-electron chi connectivity index (χ1n) is 10.5. The molecule has 1 spiro atoms. The van der Waals surface area contributed by atoms with Gasteiger partial charge >= 0.3 is 6.09 Å². The molecule has 1 aromatic carbocycles. The van der Waals surface area contributed by atoms with Crippen LogP contribution in [-0.4, -0.2) is 42.1 Å². The monoisotopic (exact) mass is 384 g/mol. The molecule has 1 aromatic rings. The number of amides is 2. The van der Waals surface area contributed by atoms with E-state index in [1.54, 1.807) is 0 Å². The van der Waals surface area contributed by atoms with Crippen molar-refractivity contribution in [2.45, 2.75) is 63.8 Å². The van der Waals surface area contributed by atoms with Crippen LogP contribution in [-0.2, 0) is 14.9 Å². The third-order valence-electron chi connectivity index (χ3n) is 6.89. The van der Waals surface area contributed by atoms with Gasteiger partial charge in [-0.2, -0.15) is 0 Å². The molecule has 2 atom stereocenters. The molecule has 0 radical (unpaired) electrons. The van der Waals surface area contributed by atoms with Gasteiger partial charge < -0.3 is 15.0 Å². The molecular weight excluding hydrogens is 352 g/mol. The average Bonchev–Trinajstić information content (AvgIpc) is 3.01. The lowest BCUT2D eigenvalue weighted by atomic mass is 9.68. The van der Waals surface area contributed by atoms with Gasteiger partial charge in [-0.3, -0.25) is 4.79 Å². The molecule has 2 amide bonds. The van der Waals surface area contributed by atoms with Crippen LogP contribution in [0.3, 0.4) is 0 Å². The third kappa shape index (κ3) is 3.51. The zero-order valence-electron chi connectivity index (χ0n) is 17.5. The first-order chi connectivity index (χ1) is 13.2. The van der Waals surface area contributed by atoms with Crippen molar-refractivity contribution in [1.82, 2.24) is 10.2 Å². The van der Waals surface area contributed by atoms with Crippen LogP contribution in [0.4, 0.5) is 4.79 Å². The summed E-state index contributed by atoms with van der Waals surface area (Å²) in [6.07, 6.45) is 2.08.